The number of furan rings is 1. The average Bonchev–Trinajstić information content (AvgIpc) is 3.10. The second kappa shape index (κ2) is 8.11. The van der Waals surface area contributed by atoms with E-state index in [1.54, 1.807) is 42.5 Å². The van der Waals surface area contributed by atoms with E-state index in [1.807, 2.05) is 19.1 Å². The maximum Gasteiger partial charge on any atom is 0.277 e. The smallest absolute Gasteiger partial charge is 0.277 e. The van der Waals surface area contributed by atoms with Crippen LogP contribution in [0.3, 0.4) is 0 Å². The monoisotopic (exact) mass is 352 g/mol. The number of hydrogen-bond acceptors (Lipinski definition) is 4. The topological polar surface area (TPSA) is 63.8 Å². The first-order chi connectivity index (χ1) is 12.6. The summed E-state index contributed by atoms with van der Waals surface area (Å²) in [5.41, 5.74) is 3.82. The van der Waals surface area contributed by atoms with Crippen molar-refractivity contribution in [1.29, 1.82) is 0 Å². The first kappa shape index (κ1) is 17.4. The molecule has 0 unspecified atom stereocenters. The van der Waals surface area contributed by atoms with Crippen LogP contribution in [0.15, 0.2) is 70.2 Å². The van der Waals surface area contributed by atoms with Gasteiger partial charge in [-0.1, -0.05) is 29.8 Å². The van der Waals surface area contributed by atoms with Gasteiger partial charge in [0.25, 0.3) is 5.91 Å². The quantitative estimate of drug-likeness (QED) is 0.540. The molecule has 0 aliphatic rings. The van der Waals surface area contributed by atoms with Crippen LogP contribution < -0.4 is 10.2 Å². The Kier molecular flexibility index (Phi) is 5.43. The lowest BCUT2D eigenvalue weighted by Crippen LogP contribution is -2.24. The Morgan fingerprint density at radius 3 is 2.69 bits per heavy atom. The van der Waals surface area contributed by atoms with Crippen LogP contribution in [0.2, 0.25) is 0 Å². The molecule has 3 rings (SSSR count). The van der Waals surface area contributed by atoms with Crippen LogP contribution in [0.25, 0.3) is 11.3 Å². The fourth-order valence-corrected chi connectivity index (χ4v) is 2.21. The number of carbonyl (C=O) groups excluding carboxylic acids is 1. The summed E-state index contributed by atoms with van der Waals surface area (Å²) in [5.74, 6) is 0.617. The number of benzene rings is 2. The van der Waals surface area contributed by atoms with Gasteiger partial charge in [-0.25, -0.2) is 9.82 Å². The van der Waals surface area contributed by atoms with Crippen LogP contribution in [0.1, 0.15) is 11.3 Å². The summed E-state index contributed by atoms with van der Waals surface area (Å²) in [4.78, 5) is 11.7. The molecule has 0 saturated heterocycles. The highest BCUT2D eigenvalue weighted by Gasteiger charge is 2.08. The zero-order chi connectivity index (χ0) is 18.4. The highest BCUT2D eigenvalue weighted by molar-refractivity contribution is 5.81. The lowest BCUT2D eigenvalue weighted by molar-refractivity contribution is -0.123. The minimum Gasteiger partial charge on any atom is -0.484 e. The van der Waals surface area contributed by atoms with Gasteiger partial charge in [0.1, 0.15) is 23.1 Å². The molecule has 0 spiro atoms. The Bertz CT molecular complexity index is 917. The number of nitrogens with zero attached hydrogens (tertiary/aromatic N) is 1. The molecule has 26 heavy (non-hydrogen) atoms. The number of carbonyl (C=O) groups is 1. The fourth-order valence-electron chi connectivity index (χ4n) is 2.21. The Labute approximate surface area is 150 Å². The number of hydrogen-bond donors (Lipinski definition) is 1. The van der Waals surface area contributed by atoms with Crippen molar-refractivity contribution in [2.45, 2.75) is 6.92 Å². The van der Waals surface area contributed by atoms with Gasteiger partial charge in [-0.2, -0.15) is 5.10 Å². The summed E-state index contributed by atoms with van der Waals surface area (Å²) in [6.45, 7) is 1.82. The molecule has 132 valence electrons. The summed E-state index contributed by atoms with van der Waals surface area (Å²) >= 11 is 0. The molecule has 0 fully saturated rings. The molecule has 1 N–H and O–H groups in total. The van der Waals surface area contributed by atoms with Crippen molar-refractivity contribution in [1.82, 2.24) is 5.43 Å². The first-order valence-corrected chi connectivity index (χ1v) is 7.98. The number of hydrazone groups is 1. The number of rotatable bonds is 6. The van der Waals surface area contributed by atoms with Gasteiger partial charge >= 0.3 is 0 Å². The highest BCUT2D eigenvalue weighted by Crippen LogP contribution is 2.24. The minimum atomic E-state index is -0.400. The van der Waals surface area contributed by atoms with Crippen LogP contribution in [0.5, 0.6) is 5.75 Å². The van der Waals surface area contributed by atoms with Crippen LogP contribution >= 0.6 is 0 Å². The molecule has 5 nitrogen and oxygen atoms in total. The Hall–Kier alpha value is -3.41. The Morgan fingerprint density at radius 2 is 1.92 bits per heavy atom. The van der Waals surface area contributed by atoms with Gasteiger partial charge in [0.2, 0.25) is 0 Å². The van der Waals surface area contributed by atoms with Crippen molar-refractivity contribution < 1.29 is 18.3 Å². The number of nitrogens with one attached hydrogen (secondary N) is 1. The number of halogens is 1. The molecule has 3 aromatic rings. The van der Waals surface area contributed by atoms with E-state index in [9.17, 15) is 9.18 Å². The van der Waals surface area contributed by atoms with Gasteiger partial charge in [0.15, 0.2) is 6.61 Å². The van der Waals surface area contributed by atoms with Gasteiger partial charge in [0.05, 0.1) is 11.8 Å². The van der Waals surface area contributed by atoms with Crippen molar-refractivity contribution in [3.8, 4) is 17.1 Å². The van der Waals surface area contributed by atoms with Gasteiger partial charge in [-0.05, 0) is 43.3 Å². The van der Waals surface area contributed by atoms with Gasteiger partial charge in [-0.3, -0.25) is 4.79 Å². The molecule has 0 aliphatic heterocycles. The van der Waals surface area contributed by atoms with Crippen LogP contribution in [0.4, 0.5) is 4.39 Å². The third kappa shape index (κ3) is 4.57. The standard InChI is InChI=1S/C20H17FN2O3/c1-14-6-8-15(9-7-14)25-13-20(24)23-22-12-16-10-11-19(26-16)17-4-2-3-5-18(17)21/h2-12H,13H2,1H3,(H,23,24)/b22-12-. The van der Waals surface area contributed by atoms with Crippen LogP contribution in [-0.2, 0) is 4.79 Å². The minimum absolute atomic E-state index is 0.154. The normalized spacial score (nSPS) is 10.8. The lowest BCUT2D eigenvalue weighted by Gasteiger charge is -2.04. The molecule has 1 aromatic heterocycles. The number of ether oxygens (including phenoxy) is 1. The molecule has 1 heterocycles. The molecule has 0 bridgehead atoms. The predicted octanol–water partition coefficient (Wildman–Crippen LogP) is 3.92. The second-order valence-electron chi connectivity index (χ2n) is 5.58. The van der Waals surface area contributed by atoms with E-state index >= 15 is 0 Å². The van der Waals surface area contributed by atoms with E-state index in [-0.39, 0.29) is 12.4 Å². The molecule has 0 radical (unpaired) electrons. The summed E-state index contributed by atoms with van der Waals surface area (Å²) in [7, 11) is 0. The third-order valence-electron chi connectivity index (χ3n) is 3.54. The van der Waals surface area contributed by atoms with Crippen molar-refractivity contribution in [3.63, 3.8) is 0 Å². The largest absolute Gasteiger partial charge is 0.484 e. The molecule has 1 amide bonds. The molecule has 6 heteroatoms. The van der Waals surface area contributed by atoms with E-state index in [0.29, 0.717) is 22.8 Å². The van der Waals surface area contributed by atoms with E-state index in [4.69, 9.17) is 9.15 Å². The van der Waals surface area contributed by atoms with Gasteiger partial charge in [0, 0.05) is 0 Å². The van der Waals surface area contributed by atoms with Crippen LogP contribution in [-0.4, -0.2) is 18.7 Å². The van der Waals surface area contributed by atoms with Crippen molar-refractivity contribution >= 4 is 12.1 Å². The van der Waals surface area contributed by atoms with Crippen molar-refractivity contribution in [3.05, 3.63) is 77.8 Å². The SMILES string of the molecule is Cc1ccc(OCC(=O)N/N=C\c2ccc(-c3ccccc3F)o2)cc1. The fraction of sp³-hybridized carbons (Fsp3) is 0.100. The number of amides is 1. The molecule has 2 aromatic carbocycles. The highest BCUT2D eigenvalue weighted by atomic mass is 19.1. The van der Waals surface area contributed by atoms with E-state index in [2.05, 4.69) is 10.5 Å². The third-order valence-corrected chi connectivity index (χ3v) is 3.54. The maximum absolute atomic E-state index is 13.7. The van der Waals surface area contributed by atoms with Crippen molar-refractivity contribution in [2.75, 3.05) is 6.61 Å². The van der Waals surface area contributed by atoms with Gasteiger partial charge < -0.3 is 9.15 Å². The van der Waals surface area contributed by atoms with Gasteiger partial charge in [-0.15, -0.1) is 0 Å². The zero-order valence-electron chi connectivity index (χ0n) is 14.1. The molecular weight excluding hydrogens is 335 g/mol. The summed E-state index contributed by atoms with van der Waals surface area (Å²) in [5, 5.41) is 3.81. The molecular formula is C20H17FN2O3. The predicted molar refractivity (Wildman–Crippen MR) is 96.5 cm³/mol. The first-order valence-electron chi connectivity index (χ1n) is 7.98. The Balaban J connectivity index is 1.51. The second-order valence-corrected chi connectivity index (χ2v) is 5.58. The molecule has 0 atom stereocenters. The van der Waals surface area contributed by atoms with Crippen molar-refractivity contribution in [2.24, 2.45) is 5.10 Å². The maximum atomic E-state index is 13.7. The summed E-state index contributed by atoms with van der Waals surface area (Å²) in [6.07, 6.45) is 1.34. The molecule has 0 saturated carbocycles. The number of aryl methyl sites for hydroxylation is 1. The van der Waals surface area contributed by atoms with E-state index in [0.717, 1.165) is 5.56 Å². The average molecular weight is 352 g/mol. The summed E-state index contributed by atoms with van der Waals surface area (Å²) in [6, 6.07) is 17.0. The lowest BCUT2D eigenvalue weighted by atomic mass is 10.1. The van der Waals surface area contributed by atoms with E-state index in [1.165, 1.54) is 12.3 Å². The van der Waals surface area contributed by atoms with E-state index < -0.39 is 5.91 Å². The Morgan fingerprint density at radius 1 is 1.15 bits per heavy atom. The summed E-state index contributed by atoms with van der Waals surface area (Å²) < 4.78 is 24.6. The van der Waals surface area contributed by atoms with Crippen LogP contribution in [0, 0.1) is 12.7 Å². The molecule has 0 aliphatic carbocycles. The zero-order valence-corrected chi connectivity index (χ0v) is 14.1.